The highest BCUT2D eigenvalue weighted by Crippen LogP contribution is 2.20. The van der Waals surface area contributed by atoms with Gasteiger partial charge in [0, 0.05) is 0 Å². The SMILES string of the molecule is C#CC(NN)c1cscc1C. The molecular formula is C8H10N2S. The number of hydrazine groups is 1. The van der Waals surface area contributed by atoms with E-state index >= 15 is 0 Å². The van der Waals surface area contributed by atoms with E-state index < -0.39 is 0 Å². The summed E-state index contributed by atoms with van der Waals surface area (Å²) in [7, 11) is 0. The van der Waals surface area contributed by atoms with E-state index in [1.54, 1.807) is 11.3 Å². The lowest BCUT2D eigenvalue weighted by molar-refractivity contribution is 0.672. The zero-order valence-electron chi connectivity index (χ0n) is 6.29. The minimum absolute atomic E-state index is 0.152. The van der Waals surface area contributed by atoms with Gasteiger partial charge in [0.1, 0.15) is 6.04 Å². The molecule has 0 aliphatic heterocycles. The van der Waals surface area contributed by atoms with Crippen molar-refractivity contribution in [1.82, 2.24) is 5.43 Å². The molecular weight excluding hydrogens is 156 g/mol. The fourth-order valence-corrected chi connectivity index (χ4v) is 1.77. The molecule has 1 unspecified atom stereocenters. The van der Waals surface area contributed by atoms with Crippen molar-refractivity contribution in [2.24, 2.45) is 5.84 Å². The van der Waals surface area contributed by atoms with E-state index in [0.717, 1.165) is 5.56 Å². The molecule has 0 saturated carbocycles. The molecule has 2 nitrogen and oxygen atoms in total. The summed E-state index contributed by atoms with van der Waals surface area (Å²) in [6.07, 6.45) is 5.26. The first-order chi connectivity index (χ1) is 5.29. The van der Waals surface area contributed by atoms with Gasteiger partial charge in [0.15, 0.2) is 0 Å². The third-order valence-electron chi connectivity index (χ3n) is 1.54. The van der Waals surface area contributed by atoms with Crippen LogP contribution in [0, 0.1) is 19.3 Å². The topological polar surface area (TPSA) is 38.0 Å². The van der Waals surface area contributed by atoms with Crippen LogP contribution in [0.1, 0.15) is 17.2 Å². The molecule has 58 valence electrons. The van der Waals surface area contributed by atoms with Crippen LogP contribution in [0.3, 0.4) is 0 Å². The Kier molecular flexibility index (Phi) is 2.66. The number of hydrogen-bond acceptors (Lipinski definition) is 3. The van der Waals surface area contributed by atoms with Crippen molar-refractivity contribution in [3.05, 3.63) is 21.9 Å². The molecule has 1 aromatic heterocycles. The summed E-state index contributed by atoms with van der Waals surface area (Å²) in [4.78, 5) is 0. The standard InChI is InChI=1S/C8H10N2S/c1-3-8(10-9)7-5-11-4-6(7)2/h1,4-5,8,10H,9H2,2H3. The van der Waals surface area contributed by atoms with Crippen LogP contribution in [0.15, 0.2) is 10.8 Å². The number of rotatable bonds is 2. The first-order valence-corrected chi connectivity index (χ1v) is 4.18. The van der Waals surface area contributed by atoms with Crippen molar-refractivity contribution in [2.45, 2.75) is 13.0 Å². The largest absolute Gasteiger partial charge is 0.270 e. The van der Waals surface area contributed by atoms with Crippen molar-refractivity contribution in [1.29, 1.82) is 0 Å². The van der Waals surface area contributed by atoms with Crippen LogP contribution in [0.25, 0.3) is 0 Å². The molecule has 1 heterocycles. The highest BCUT2D eigenvalue weighted by atomic mass is 32.1. The van der Waals surface area contributed by atoms with Gasteiger partial charge in [-0.2, -0.15) is 11.3 Å². The number of hydrogen-bond donors (Lipinski definition) is 2. The van der Waals surface area contributed by atoms with E-state index in [1.165, 1.54) is 5.56 Å². The Hall–Kier alpha value is -0.820. The maximum atomic E-state index is 5.26. The van der Waals surface area contributed by atoms with E-state index in [1.807, 2.05) is 12.3 Å². The van der Waals surface area contributed by atoms with E-state index in [0.29, 0.717) is 0 Å². The molecule has 0 spiro atoms. The quantitative estimate of drug-likeness (QED) is 0.393. The number of nitrogens with one attached hydrogen (secondary N) is 1. The molecule has 0 radical (unpaired) electrons. The summed E-state index contributed by atoms with van der Waals surface area (Å²) in [5, 5.41) is 4.07. The van der Waals surface area contributed by atoms with Gasteiger partial charge in [-0.3, -0.25) is 5.84 Å². The van der Waals surface area contributed by atoms with Gasteiger partial charge < -0.3 is 0 Å². The summed E-state index contributed by atoms with van der Waals surface area (Å²) < 4.78 is 0. The number of nitrogens with two attached hydrogens (primary N) is 1. The van der Waals surface area contributed by atoms with E-state index in [4.69, 9.17) is 12.3 Å². The van der Waals surface area contributed by atoms with Gasteiger partial charge in [0.25, 0.3) is 0 Å². The van der Waals surface area contributed by atoms with Gasteiger partial charge in [-0.05, 0) is 28.8 Å². The van der Waals surface area contributed by atoms with Crippen molar-refractivity contribution in [3.8, 4) is 12.3 Å². The molecule has 0 amide bonds. The Labute approximate surface area is 70.4 Å². The summed E-state index contributed by atoms with van der Waals surface area (Å²) in [6.45, 7) is 2.02. The molecule has 0 aromatic carbocycles. The minimum Gasteiger partial charge on any atom is -0.270 e. The predicted molar refractivity (Wildman–Crippen MR) is 48.0 cm³/mol. The third-order valence-corrected chi connectivity index (χ3v) is 2.42. The van der Waals surface area contributed by atoms with Crippen LogP contribution in [-0.4, -0.2) is 0 Å². The fourth-order valence-electron chi connectivity index (χ4n) is 0.894. The third kappa shape index (κ3) is 1.60. The molecule has 3 heteroatoms. The van der Waals surface area contributed by atoms with Gasteiger partial charge in [0.2, 0.25) is 0 Å². The highest BCUT2D eigenvalue weighted by Gasteiger charge is 2.08. The van der Waals surface area contributed by atoms with E-state index in [2.05, 4.69) is 16.7 Å². The van der Waals surface area contributed by atoms with Crippen LogP contribution in [-0.2, 0) is 0 Å². The zero-order valence-corrected chi connectivity index (χ0v) is 7.11. The molecule has 1 rings (SSSR count). The van der Waals surface area contributed by atoms with E-state index in [-0.39, 0.29) is 6.04 Å². The van der Waals surface area contributed by atoms with Crippen molar-refractivity contribution in [3.63, 3.8) is 0 Å². The summed E-state index contributed by atoms with van der Waals surface area (Å²) in [5.41, 5.74) is 4.85. The van der Waals surface area contributed by atoms with Crippen LogP contribution in [0.5, 0.6) is 0 Å². The van der Waals surface area contributed by atoms with Crippen LogP contribution >= 0.6 is 11.3 Å². The summed E-state index contributed by atoms with van der Waals surface area (Å²) in [5.74, 6) is 7.82. The van der Waals surface area contributed by atoms with Crippen LogP contribution in [0.2, 0.25) is 0 Å². The van der Waals surface area contributed by atoms with Gasteiger partial charge >= 0.3 is 0 Å². The Morgan fingerprint density at radius 1 is 1.73 bits per heavy atom. The molecule has 1 atom stereocenters. The molecule has 0 saturated heterocycles. The number of terminal acetylenes is 1. The lowest BCUT2D eigenvalue weighted by Crippen LogP contribution is -2.26. The second-order valence-electron chi connectivity index (χ2n) is 2.28. The van der Waals surface area contributed by atoms with Crippen LogP contribution < -0.4 is 11.3 Å². The molecule has 0 aliphatic rings. The molecule has 11 heavy (non-hydrogen) atoms. The molecule has 0 fully saturated rings. The highest BCUT2D eigenvalue weighted by molar-refractivity contribution is 7.08. The summed E-state index contributed by atoms with van der Waals surface area (Å²) >= 11 is 1.63. The van der Waals surface area contributed by atoms with Gasteiger partial charge in [-0.1, -0.05) is 5.92 Å². The Morgan fingerprint density at radius 2 is 2.45 bits per heavy atom. The Morgan fingerprint density at radius 3 is 2.82 bits per heavy atom. The van der Waals surface area contributed by atoms with Gasteiger partial charge in [-0.15, -0.1) is 6.42 Å². The van der Waals surface area contributed by atoms with Gasteiger partial charge in [0.05, 0.1) is 0 Å². The normalized spacial score (nSPS) is 12.5. The van der Waals surface area contributed by atoms with Crippen molar-refractivity contribution < 1.29 is 0 Å². The summed E-state index contributed by atoms with van der Waals surface area (Å²) in [6, 6.07) is -0.152. The second-order valence-corrected chi connectivity index (χ2v) is 3.02. The molecule has 0 bridgehead atoms. The monoisotopic (exact) mass is 166 g/mol. The zero-order chi connectivity index (χ0) is 8.27. The number of aryl methyl sites for hydroxylation is 1. The van der Waals surface area contributed by atoms with Gasteiger partial charge in [-0.25, -0.2) is 5.43 Å². The minimum atomic E-state index is -0.152. The van der Waals surface area contributed by atoms with Crippen molar-refractivity contribution >= 4 is 11.3 Å². The van der Waals surface area contributed by atoms with Crippen LogP contribution in [0.4, 0.5) is 0 Å². The smallest absolute Gasteiger partial charge is 0.108 e. The van der Waals surface area contributed by atoms with E-state index in [9.17, 15) is 0 Å². The fraction of sp³-hybridized carbons (Fsp3) is 0.250. The first-order valence-electron chi connectivity index (χ1n) is 3.24. The second kappa shape index (κ2) is 3.54. The average molecular weight is 166 g/mol. The average Bonchev–Trinajstić information content (AvgIpc) is 2.40. The maximum Gasteiger partial charge on any atom is 0.108 e. The predicted octanol–water partition coefficient (Wildman–Crippen LogP) is 1.19. The molecule has 0 aliphatic carbocycles. The first kappa shape index (κ1) is 8.28. The Balaban J connectivity index is 2.92. The number of thiophene rings is 1. The molecule has 3 N–H and O–H groups in total. The lowest BCUT2D eigenvalue weighted by atomic mass is 10.1. The lowest BCUT2D eigenvalue weighted by Gasteiger charge is -2.07. The molecule has 1 aromatic rings. The Bertz CT molecular complexity index is 272. The van der Waals surface area contributed by atoms with Crippen molar-refractivity contribution in [2.75, 3.05) is 0 Å². The maximum absolute atomic E-state index is 5.26.